The van der Waals surface area contributed by atoms with Crippen molar-refractivity contribution in [2.45, 2.75) is 57.3 Å². The summed E-state index contributed by atoms with van der Waals surface area (Å²) in [5, 5.41) is 9.02. The van der Waals surface area contributed by atoms with Gasteiger partial charge in [-0.2, -0.15) is 0 Å². The number of pyridine rings is 1. The number of nitrogens with two attached hydrogens (primary N) is 1. The minimum atomic E-state index is -1.11. The first kappa shape index (κ1) is 19.5. The normalized spacial score (nSPS) is 17.4. The van der Waals surface area contributed by atoms with Gasteiger partial charge in [-0.3, -0.25) is 9.59 Å². The highest BCUT2D eigenvalue weighted by molar-refractivity contribution is 6.44. The highest BCUT2D eigenvalue weighted by Crippen LogP contribution is 2.47. The molecule has 0 bridgehead atoms. The van der Waals surface area contributed by atoms with Crippen molar-refractivity contribution in [1.29, 1.82) is 0 Å². The average Bonchev–Trinajstić information content (AvgIpc) is 3.49. The standard InChI is InChI=1S/C22H26N2O5/c23-22(28)21(27)19-18(14-8-9-14)15(11-13-5-2-1-3-6-13)24-10-4-7-16(20(19)24)29-12-17(25)26/h4,7,10,13-14H,1-3,5-6,8-9,11-12H2,(H2,23,28)(H,25,26). The molecule has 0 aliphatic heterocycles. The van der Waals surface area contributed by atoms with Crippen molar-refractivity contribution in [2.75, 3.05) is 6.61 Å². The molecule has 0 spiro atoms. The van der Waals surface area contributed by atoms with Crippen LogP contribution in [0.1, 0.15) is 72.5 Å². The Hall–Kier alpha value is -2.83. The summed E-state index contributed by atoms with van der Waals surface area (Å²) >= 11 is 0. The number of aliphatic carboxylic acids is 1. The molecule has 2 saturated carbocycles. The number of fused-ring (bicyclic) bond motifs is 1. The maximum Gasteiger partial charge on any atom is 0.341 e. The van der Waals surface area contributed by atoms with Crippen LogP contribution in [-0.2, 0) is 16.0 Å². The monoisotopic (exact) mass is 398 g/mol. The Bertz CT molecular complexity index is 967. The second-order valence-corrected chi connectivity index (χ2v) is 8.18. The summed E-state index contributed by atoms with van der Waals surface area (Å²) in [6.07, 6.45) is 10.7. The number of nitrogens with zero attached hydrogens (tertiary/aromatic N) is 1. The third-order valence-electron chi connectivity index (χ3n) is 6.06. The second kappa shape index (κ2) is 7.89. The molecule has 0 radical (unpaired) electrons. The van der Waals surface area contributed by atoms with Crippen LogP contribution >= 0.6 is 0 Å². The quantitative estimate of drug-likeness (QED) is 0.524. The molecule has 0 atom stereocenters. The van der Waals surface area contributed by atoms with Gasteiger partial charge in [-0.15, -0.1) is 0 Å². The van der Waals surface area contributed by atoms with E-state index in [4.69, 9.17) is 15.6 Å². The van der Waals surface area contributed by atoms with E-state index < -0.39 is 24.3 Å². The zero-order chi connectivity index (χ0) is 20.5. The number of rotatable bonds is 8. The summed E-state index contributed by atoms with van der Waals surface area (Å²) in [7, 11) is 0. The molecule has 4 rings (SSSR count). The molecule has 7 heteroatoms. The van der Waals surface area contributed by atoms with Crippen molar-refractivity contribution in [3.63, 3.8) is 0 Å². The number of ketones is 1. The van der Waals surface area contributed by atoms with Crippen LogP contribution in [0.25, 0.3) is 5.52 Å². The van der Waals surface area contributed by atoms with Crippen molar-refractivity contribution < 1.29 is 24.2 Å². The molecular weight excluding hydrogens is 372 g/mol. The van der Waals surface area contributed by atoms with E-state index in [0.717, 1.165) is 43.4 Å². The van der Waals surface area contributed by atoms with Crippen LogP contribution < -0.4 is 10.5 Å². The summed E-state index contributed by atoms with van der Waals surface area (Å²) < 4.78 is 7.41. The van der Waals surface area contributed by atoms with Crippen LogP contribution in [0.4, 0.5) is 0 Å². The Morgan fingerprint density at radius 1 is 1.14 bits per heavy atom. The molecule has 1 amide bonds. The van der Waals surface area contributed by atoms with Crippen molar-refractivity contribution in [1.82, 2.24) is 4.40 Å². The molecule has 0 saturated heterocycles. The predicted molar refractivity (Wildman–Crippen MR) is 106 cm³/mol. The van der Waals surface area contributed by atoms with Gasteiger partial charge in [0.25, 0.3) is 11.7 Å². The number of Topliss-reactive ketones (excluding diaryl/α,β-unsaturated/α-hetero) is 1. The molecule has 2 fully saturated rings. The van der Waals surface area contributed by atoms with Gasteiger partial charge in [0, 0.05) is 11.9 Å². The lowest BCUT2D eigenvalue weighted by molar-refractivity contribution is -0.139. The molecule has 2 aromatic heterocycles. The van der Waals surface area contributed by atoms with Gasteiger partial charge in [0.1, 0.15) is 5.75 Å². The molecular formula is C22H26N2O5. The number of hydrogen-bond donors (Lipinski definition) is 2. The maximum absolute atomic E-state index is 12.8. The van der Waals surface area contributed by atoms with Crippen LogP contribution in [0.5, 0.6) is 5.75 Å². The van der Waals surface area contributed by atoms with Crippen molar-refractivity contribution in [3.8, 4) is 5.75 Å². The second-order valence-electron chi connectivity index (χ2n) is 8.18. The first-order chi connectivity index (χ1) is 14.0. The number of carboxylic acid groups (broad SMARTS) is 1. The summed E-state index contributed by atoms with van der Waals surface area (Å²) in [6.45, 7) is -0.522. The summed E-state index contributed by atoms with van der Waals surface area (Å²) in [5.74, 6) is -1.77. The Morgan fingerprint density at radius 2 is 1.86 bits per heavy atom. The van der Waals surface area contributed by atoms with Gasteiger partial charge in [-0.25, -0.2) is 4.79 Å². The molecule has 29 heavy (non-hydrogen) atoms. The number of primary amides is 1. The number of carbonyl (C=O) groups excluding carboxylic acids is 2. The average molecular weight is 398 g/mol. The highest BCUT2D eigenvalue weighted by Gasteiger charge is 2.37. The first-order valence-corrected chi connectivity index (χ1v) is 10.3. The number of ether oxygens (including phenoxy) is 1. The molecule has 2 aliphatic carbocycles. The fourth-order valence-corrected chi connectivity index (χ4v) is 4.65. The van der Waals surface area contributed by atoms with E-state index in [-0.39, 0.29) is 11.7 Å². The van der Waals surface area contributed by atoms with Crippen LogP contribution in [0, 0.1) is 5.92 Å². The van der Waals surface area contributed by atoms with E-state index in [9.17, 15) is 14.4 Å². The van der Waals surface area contributed by atoms with Gasteiger partial charge in [0.2, 0.25) is 0 Å². The fraction of sp³-hybridized carbons (Fsp3) is 0.500. The van der Waals surface area contributed by atoms with Gasteiger partial charge in [0.15, 0.2) is 6.61 Å². The van der Waals surface area contributed by atoms with Crippen LogP contribution in [0.3, 0.4) is 0 Å². The molecule has 0 unspecified atom stereocenters. The van der Waals surface area contributed by atoms with Crippen LogP contribution in [-0.4, -0.2) is 33.8 Å². The van der Waals surface area contributed by atoms with E-state index in [1.54, 1.807) is 12.1 Å². The summed E-state index contributed by atoms with van der Waals surface area (Å²) in [5.41, 5.74) is 8.09. The Morgan fingerprint density at radius 3 is 2.48 bits per heavy atom. The lowest BCUT2D eigenvalue weighted by Gasteiger charge is -2.22. The molecule has 2 aromatic rings. The molecule has 0 aromatic carbocycles. The fourth-order valence-electron chi connectivity index (χ4n) is 4.65. The van der Waals surface area contributed by atoms with E-state index in [2.05, 4.69) is 0 Å². The summed E-state index contributed by atoms with van der Waals surface area (Å²) in [4.78, 5) is 35.7. The topological polar surface area (TPSA) is 111 Å². The third-order valence-corrected chi connectivity index (χ3v) is 6.06. The van der Waals surface area contributed by atoms with Crippen molar-refractivity contribution in [2.24, 2.45) is 11.7 Å². The SMILES string of the molecule is NC(=O)C(=O)c1c(C2CC2)c(CC2CCCCC2)n2cccc(OCC(=O)O)c12. The predicted octanol–water partition coefficient (Wildman–Crippen LogP) is 3.07. The minimum absolute atomic E-state index is 0.235. The van der Waals surface area contributed by atoms with E-state index in [1.807, 2.05) is 10.6 Å². The number of carboxylic acids is 1. The van der Waals surface area contributed by atoms with Crippen LogP contribution in [0.15, 0.2) is 18.3 Å². The number of aromatic nitrogens is 1. The zero-order valence-corrected chi connectivity index (χ0v) is 16.4. The van der Waals surface area contributed by atoms with Gasteiger partial charge < -0.3 is 20.0 Å². The zero-order valence-electron chi connectivity index (χ0n) is 16.4. The Labute approximate surface area is 168 Å². The van der Waals surface area contributed by atoms with Gasteiger partial charge in [-0.1, -0.05) is 32.1 Å². The first-order valence-electron chi connectivity index (χ1n) is 10.3. The van der Waals surface area contributed by atoms with Gasteiger partial charge >= 0.3 is 5.97 Å². The Kier molecular flexibility index (Phi) is 5.30. The minimum Gasteiger partial charge on any atom is -0.480 e. The van der Waals surface area contributed by atoms with E-state index in [1.165, 1.54) is 19.3 Å². The molecule has 3 N–H and O–H groups in total. The molecule has 154 valence electrons. The van der Waals surface area contributed by atoms with Crippen LogP contribution in [0.2, 0.25) is 0 Å². The lowest BCUT2D eigenvalue weighted by Crippen LogP contribution is -2.24. The summed E-state index contributed by atoms with van der Waals surface area (Å²) in [6, 6.07) is 3.42. The number of hydrogen-bond acceptors (Lipinski definition) is 4. The van der Waals surface area contributed by atoms with E-state index >= 15 is 0 Å². The highest BCUT2D eigenvalue weighted by atomic mass is 16.5. The van der Waals surface area contributed by atoms with Gasteiger partial charge in [-0.05, 0) is 48.8 Å². The van der Waals surface area contributed by atoms with Crippen molar-refractivity contribution >= 4 is 23.2 Å². The Balaban J connectivity index is 1.89. The third kappa shape index (κ3) is 3.86. The molecule has 2 aliphatic rings. The lowest BCUT2D eigenvalue weighted by atomic mass is 9.84. The smallest absolute Gasteiger partial charge is 0.341 e. The van der Waals surface area contributed by atoms with Crippen molar-refractivity contribution in [3.05, 3.63) is 35.2 Å². The number of amides is 1. The number of carbonyl (C=O) groups is 3. The molecule has 2 heterocycles. The maximum atomic E-state index is 12.8. The van der Waals surface area contributed by atoms with Gasteiger partial charge in [0.05, 0.1) is 11.1 Å². The largest absolute Gasteiger partial charge is 0.480 e. The molecule has 7 nitrogen and oxygen atoms in total. The van der Waals surface area contributed by atoms with E-state index in [0.29, 0.717) is 17.0 Å².